The van der Waals surface area contributed by atoms with Crippen LogP contribution in [0.15, 0.2) is 41.3 Å². The third kappa shape index (κ3) is 8.02. The molecule has 0 aromatic heterocycles. The van der Waals surface area contributed by atoms with Crippen molar-refractivity contribution >= 4 is 20.9 Å². The summed E-state index contributed by atoms with van der Waals surface area (Å²) < 4.78 is 31.6. The zero-order chi connectivity index (χ0) is 19.5. The molecule has 2 aromatic rings. The van der Waals surface area contributed by atoms with Crippen molar-refractivity contribution in [3.63, 3.8) is 0 Å². The van der Waals surface area contributed by atoms with Gasteiger partial charge < -0.3 is 0 Å². The van der Waals surface area contributed by atoms with Crippen LogP contribution in [0.3, 0.4) is 0 Å². The van der Waals surface area contributed by atoms with Crippen LogP contribution in [0.2, 0.25) is 0 Å². The largest absolute Gasteiger partial charge is 0.294 e. The quantitative estimate of drug-likeness (QED) is 0.298. The van der Waals surface area contributed by atoms with Gasteiger partial charge in [-0.2, -0.15) is 8.42 Å². The molecule has 150 valence electrons. The smallest absolute Gasteiger partial charge is 0.282 e. The highest BCUT2D eigenvalue weighted by Gasteiger charge is 2.09. The van der Waals surface area contributed by atoms with E-state index < -0.39 is 10.1 Å². The summed E-state index contributed by atoms with van der Waals surface area (Å²) in [5.41, 5.74) is 1.29. The first-order chi connectivity index (χ1) is 13.0. The van der Waals surface area contributed by atoms with Crippen molar-refractivity contribution in [3.8, 4) is 0 Å². The minimum Gasteiger partial charge on any atom is -0.282 e. The van der Waals surface area contributed by atoms with Crippen molar-refractivity contribution in [2.24, 2.45) is 0 Å². The van der Waals surface area contributed by atoms with Crippen LogP contribution < -0.4 is 0 Å². The molecule has 0 bridgehead atoms. The van der Waals surface area contributed by atoms with E-state index in [9.17, 15) is 8.42 Å². The summed E-state index contributed by atoms with van der Waals surface area (Å²) in [6, 6.07) is 10.9. The van der Waals surface area contributed by atoms with E-state index in [1.54, 1.807) is 6.07 Å². The first kappa shape index (κ1) is 21.9. The van der Waals surface area contributed by atoms with E-state index in [1.807, 2.05) is 6.07 Å². The van der Waals surface area contributed by atoms with Gasteiger partial charge in [0.1, 0.15) is 0 Å². The monoisotopic (exact) mass is 390 g/mol. The number of hydrogen-bond donors (Lipinski definition) is 1. The van der Waals surface area contributed by atoms with Crippen LogP contribution in [0.25, 0.3) is 10.8 Å². The van der Waals surface area contributed by atoms with E-state index in [0.717, 1.165) is 17.2 Å². The lowest BCUT2D eigenvalue weighted by molar-refractivity contribution is 0.483. The number of hydrogen-bond acceptors (Lipinski definition) is 2. The van der Waals surface area contributed by atoms with E-state index in [0.29, 0.717) is 0 Å². The molecule has 4 heteroatoms. The number of benzene rings is 2. The number of unbranched alkanes of at least 4 members (excludes halogenated alkanes) is 10. The third-order valence-electron chi connectivity index (χ3n) is 5.24. The van der Waals surface area contributed by atoms with Gasteiger partial charge in [-0.3, -0.25) is 4.55 Å². The number of fused-ring (bicyclic) bond motifs is 1. The molecule has 27 heavy (non-hydrogen) atoms. The Morgan fingerprint density at radius 1 is 0.704 bits per heavy atom. The highest BCUT2D eigenvalue weighted by molar-refractivity contribution is 7.85. The molecule has 0 aliphatic heterocycles. The van der Waals surface area contributed by atoms with Gasteiger partial charge in [-0.15, -0.1) is 0 Å². The van der Waals surface area contributed by atoms with Crippen LogP contribution in [0.1, 0.15) is 83.1 Å². The van der Waals surface area contributed by atoms with Gasteiger partial charge in [0.15, 0.2) is 0 Å². The van der Waals surface area contributed by atoms with Crippen molar-refractivity contribution < 1.29 is 13.0 Å². The minimum atomic E-state index is -4.14. The van der Waals surface area contributed by atoms with Gasteiger partial charge in [0.2, 0.25) is 0 Å². The van der Waals surface area contributed by atoms with E-state index in [1.165, 1.54) is 88.3 Å². The second-order valence-corrected chi connectivity index (χ2v) is 9.03. The van der Waals surface area contributed by atoms with Crippen LogP contribution in [0.4, 0.5) is 0 Å². The van der Waals surface area contributed by atoms with Crippen LogP contribution in [0, 0.1) is 0 Å². The molecular weight excluding hydrogens is 356 g/mol. The van der Waals surface area contributed by atoms with E-state index in [2.05, 4.69) is 19.1 Å². The van der Waals surface area contributed by atoms with Crippen molar-refractivity contribution in [1.29, 1.82) is 0 Å². The average Bonchev–Trinajstić information content (AvgIpc) is 2.65. The molecule has 2 rings (SSSR count). The van der Waals surface area contributed by atoms with Crippen molar-refractivity contribution in [2.45, 2.75) is 88.9 Å². The highest BCUT2D eigenvalue weighted by atomic mass is 32.2. The zero-order valence-corrected chi connectivity index (χ0v) is 17.4. The fraction of sp³-hybridized carbons (Fsp3) is 0.565. The van der Waals surface area contributed by atoms with E-state index >= 15 is 0 Å². The molecule has 0 unspecified atom stereocenters. The molecule has 0 saturated carbocycles. The van der Waals surface area contributed by atoms with Crippen LogP contribution in [0.5, 0.6) is 0 Å². The van der Waals surface area contributed by atoms with Gasteiger partial charge in [0, 0.05) is 0 Å². The van der Waals surface area contributed by atoms with E-state index in [4.69, 9.17) is 4.55 Å². The lowest BCUT2D eigenvalue weighted by atomic mass is 10.0. The molecule has 0 radical (unpaired) electrons. The summed E-state index contributed by atoms with van der Waals surface area (Å²) in [6.07, 6.45) is 15.9. The second kappa shape index (κ2) is 11.5. The Kier molecular flexibility index (Phi) is 9.29. The lowest BCUT2D eigenvalue weighted by Gasteiger charge is -2.06. The Balaban J connectivity index is 1.66. The van der Waals surface area contributed by atoms with Crippen molar-refractivity contribution in [1.82, 2.24) is 0 Å². The summed E-state index contributed by atoms with van der Waals surface area (Å²) in [5, 5.41) is 1.86. The van der Waals surface area contributed by atoms with Gasteiger partial charge in [0.25, 0.3) is 10.1 Å². The van der Waals surface area contributed by atoms with Gasteiger partial charge in [-0.05, 0) is 41.3 Å². The normalized spacial score (nSPS) is 11.9. The Hall–Kier alpha value is -1.39. The van der Waals surface area contributed by atoms with Crippen molar-refractivity contribution in [3.05, 3.63) is 42.0 Å². The first-order valence-electron chi connectivity index (χ1n) is 10.5. The first-order valence-corrected chi connectivity index (χ1v) is 11.9. The molecular formula is C23H34O3S. The molecule has 2 aromatic carbocycles. The minimum absolute atomic E-state index is 0.0480. The summed E-state index contributed by atoms with van der Waals surface area (Å²) in [7, 11) is -4.14. The van der Waals surface area contributed by atoms with E-state index in [-0.39, 0.29) is 4.90 Å². The predicted octanol–water partition coefficient (Wildman–Crippen LogP) is 6.94. The molecule has 0 spiro atoms. The SMILES string of the molecule is CCCCCCCCCCCCCc1ccc2cc(S(=O)(=O)O)ccc2c1. The maximum absolute atomic E-state index is 11.2. The Labute approximate surface area is 164 Å². The molecule has 0 aliphatic carbocycles. The van der Waals surface area contributed by atoms with Crippen LogP contribution in [-0.4, -0.2) is 13.0 Å². The second-order valence-electron chi connectivity index (χ2n) is 7.60. The van der Waals surface area contributed by atoms with Crippen LogP contribution in [-0.2, 0) is 16.5 Å². The van der Waals surface area contributed by atoms with Crippen molar-refractivity contribution in [2.75, 3.05) is 0 Å². The molecule has 0 heterocycles. The maximum atomic E-state index is 11.2. The molecule has 0 fully saturated rings. The third-order valence-corrected chi connectivity index (χ3v) is 6.09. The maximum Gasteiger partial charge on any atom is 0.294 e. The summed E-state index contributed by atoms with van der Waals surface area (Å²) in [5.74, 6) is 0. The van der Waals surface area contributed by atoms with Gasteiger partial charge in [-0.25, -0.2) is 0 Å². The summed E-state index contributed by atoms with van der Waals surface area (Å²) >= 11 is 0. The Morgan fingerprint density at radius 2 is 1.22 bits per heavy atom. The fourth-order valence-electron chi connectivity index (χ4n) is 3.58. The van der Waals surface area contributed by atoms with Gasteiger partial charge in [-0.1, -0.05) is 95.4 Å². The molecule has 0 aliphatic rings. The summed E-state index contributed by atoms with van der Waals surface area (Å²) in [6.45, 7) is 2.26. The highest BCUT2D eigenvalue weighted by Crippen LogP contribution is 2.21. The summed E-state index contributed by atoms with van der Waals surface area (Å²) in [4.78, 5) is -0.0480. The number of rotatable bonds is 13. The Morgan fingerprint density at radius 3 is 1.81 bits per heavy atom. The fourth-order valence-corrected chi connectivity index (χ4v) is 4.10. The number of aryl methyl sites for hydroxylation is 1. The average molecular weight is 391 g/mol. The molecule has 0 saturated heterocycles. The lowest BCUT2D eigenvalue weighted by Crippen LogP contribution is -1.97. The molecule has 0 amide bonds. The van der Waals surface area contributed by atoms with Gasteiger partial charge in [0.05, 0.1) is 4.90 Å². The topological polar surface area (TPSA) is 54.4 Å². The molecule has 3 nitrogen and oxygen atoms in total. The predicted molar refractivity (Wildman–Crippen MR) is 114 cm³/mol. The Bertz CT molecular complexity index is 796. The van der Waals surface area contributed by atoms with Gasteiger partial charge >= 0.3 is 0 Å². The zero-order valence-electron chi connectivity index (χ0n) is 16.6. The molecule has 0 atom stereocenters. The standard InChI is InChI=1S/C23H34O3S/c1-2-3-4-5-6-7-8-9-10-11-12-13-20-14-15-22-19-23(27(24,25)26)17-16-21(22)18-20/h14-19H,2-13H2,1H3,(H,24,25,26). The molecule has 1 N–H and O–H groups in total. The van der Waals surface area contributed by atoms with Crippen LogP contribution >= 0.6 is 0 Å².